The Morgan fingerprint density at radius 2 is 1.88 bits per heavy atom. The number of aromatic nitrogens is 2. The molecule has 10 nitrogen and oxygen atoms in total. The highest BCUT2D eigenvalue weighted by atomic mass is 16.6. The summed E-state index contributed by atoms with van der Waals surface area (Å²) in [6.45, 7) is -0.0981. The highest BCUT2D eigenvalue weighted by Crippen LogP contribution is 2.18. The fourth-order valence-corrected chi connectivity index (χ4v) is 2.18. The van der Waals surface area contributed by atoms with Crippen LogP contribution in [0.15, 0.2) is 24.3 Å². The zero-order valence-corrected chi connectivity index (χ0v) is 12.5. The fraction of sp³-hybridized carbons (Fsp3) is 0.214. The summed E-state index contributed by atoms with van der Waals surface area (Å²) in [6, 6.07) is 5.48. The molecular formula is C14H13N3O7. The smallest absolute Gasteiger partial charge is 0.357 e. The van der Waals surface area contributed by atoms with Gasteiger partial charge in [0.05, 0.1) is 4.92 Å². The van der Waals surface area contributed by atoms with Crippen LogP contribution >= 0.6 is 0 Å². The predicted molar refractivity (Wildman–Crippen MR) is 79.1 cm³/mol. The summed E-state index contributed by atoms with van der Waals surface area (Å²) in [7, 11) is 1.37. The number of hydrogen-bond acceptors (Lipinski definition) is 6. The molecule has 10 heteroatoms. The van der Waals surface area contributed by atoms with Crippen molar-refractivity contribution in [2.75, 3.05) is 7.11 Å². The van der Waals surface area contributed by atoms with Gasteiger partial charge in [-0.25, -0.2) is 14.6 Å². The van der Waals surface area contributed by atoms with Crippen molar-refractivity contribution in [2.24, 2.45) is 0 Å². The van der Waals surface area contributed by atoms with Crippen molar-refractivity contribution >= 4 is 17.6 Å². The van der Waals surface area contributed by atoms with Crippen molar-refractivity contribution in [3.8, 4) is 0 Å². The Labute approximate surface area is 135 Å². The van der Waals surface area contributed by atoms with Crippen molar-refractivity contribution < 1.29 is 29.5 Å². The molecule has 0 bridgehead atoms. The molecule has 0 saturated carbocycles. The zero-order valence-electron chi connectivity index (χ0n) is 12.5. The molecule has 0 spiro atoms. The van der Waals surface area contributed by atoms with Crippen LogP contribution in [0.4, 0.5) is 5.69 Å². The summed E-state index contributed by atoms with van der Waals surface area (Å²) in [6.07, 6.45) is 0. The Kier molecular flexibility index (Phi) is 4.90. The quantitative estimate of drug-likeness (QED) is 0.570. The van der Waals surface area contributed by atoms with E-state index in [0.717, 1.165) is 0 Å². The van der Waals surface area contributed by atoms with Crippen LogP contribution in [-0.4, -0.2) is 43.7 Å². The molecule has 0 unspecified atom stereocenters. The van der Waals surface area contributed by atoms with Gasteiger partial charge >= 0.3 is 11.9 Å². The second kappa shape index (κ2) is 6.87. The molecule has 2 N–H and O–H groups in total. The number of nitrogens with zero attached hydrogens (tertiary/aromatic N) is 3. The molecule has 0 aliphatic heterocycles. The average Bonchev–Trinajstić information content (AvgIpc) is 2.87. The lowest BCUT2D eigenvalue weighted by atomic mass is 10.2. The number of methoxy groups -OCH3 is 1. The van der Waals surface area contributed by atoms with E-state index in [1.165, 1.54) is 35.9 Å². The molecule has 0 amide bonds. The van der Waals surface area contributed by atoms with E-state index in [2.05, 4.69) is 4.98 Å². The van der Waals surface area contributed by atoms with E-state index >= 15 is 0 Å². The Balaban J connectivity index is 2.48. The number of hydrogen-bond donors (Lipinski definition) is 2. The number of carbonyl (C=O) groups is 2. The van der Waals surface area contributed by atoms with Crippen molar-refractivity contribution in [1.82, 2.24) is 9.55 Å². The van der Waals surface area contributed by atoms with Gasteiger partial charge < -0.3 is 19.5 Å². The predicted octanol–water partition coefficient (Wildman–Crippen LogP) is 1.38. The maximum Gasteiger partial charge on any atom is 0.357 e. The largest absolute Gasteiger partial charge is 0.476 e. The molecule has 0 saturated heterocycles. The highest BCUT2D eigenvalue weighted by Gasteiger charge is 2.27. The fourth-order valence-electron chi connectivity index (χ4n) is 2.18. The van der Waals surface area contributed by atoms with E-state index in [4.69, 9.17) is 9.84 Å². The Bertz CT molecular complexity index is 795. The Morgan fingerprint density at radius 3 is 2.33 bits per heavy atom. The first-order chi connectivity index (χ1) is 11.3. The molecule has 126 valence electrons. The van der Waals surface area contributed by atoms with Gasteiger partial charge in [0.25, 0.3) is 5.69 Å². The van der Waals surface area contributed by atoms with E-state index in [-0.39, 0.29) is 24.7 Å². The minimum absolute atomic E-state index is 0.0153. The summed E-state index contributed by atoms with van der Waals surface area (Å²) in [5.41, 5.74) is -0.620. The van der Waals surface area contributed by atoms with Gasteiger partial charge in [-0.3, -0.25) is 10.1 Å². The maximum absolute atomic E-state index is 11.4. The van der Waals surface area contributed by atoms with Gasteiger partial charge in [0.15, 0.2) is 11.4 Å². The lowest BCUT2D eigenvalue weighted by Gasteiger charge is -2.10. The average molecular weight is 335 g/mol. The summed E-state index contributed by atoms with van der Waals surface area (Å²) in [5.74, 6) is -2.78. The maximum atomic E-state index is 11.4. The van der Waals surface area contributed by atoms with Crippen LogP contribution in [0, 0.1) is 10.1 Å². The topological polar surface area (TPSA) is 145 Å². The lowest BCUT2D eigenvalue weighted by Crippen LogP contribution is -2.15. The van der Waals surface area contributed by atoms with E-state index < -0.39 is 28.2 Å². The van der Waals surface area contributed by atoms with Crippen LogP contribution in [0.5, 0.6) is 0 Å². The molecule has 0 atom stereocenters. The first-order valence-corrected chi connectivity index (χ1v) is 6.63. The van der Waals surface area contributed by atoms with E-state index in [1.54, 1.807) is 0 Å². The van der Waals surface area contributed by atoms with Crippen molar-refractivity contribution in [2.45, 2.75) is 13.2 Å². The number of rotatable bonds is 7. The molecule has 2 rings (SSSR count). The van der Waals surface area contributed by atoms with Gasteiger partial charge in [-0.2, -0.15) is 0 Å². The van der Waals surface area contributed by atoms with Crippen molar-refractivity contribution in [3.05, 3.63) is 57.2 Å². The van der Waals surface area contributed by atoms with Crippen molar-refractivity contribution in [3.63, 3.8) is 0 Å². The third-order valence-electron chi connectivity index (χ3n) is 3.21. The molecule has 0 aliphatic carbocycles. The third kappa shape index (κ3) is 3.38. The minimum Gasteiger partial charge on any atom is -0.476 e. The van der Waals surface area contributed by atoms with Crippen molar-refractivity contribution in [1.29, 1.82) is 0 Å². The number of imidazole rings is 1. The number of nitro benzene ring substituents is 1. The van der Waals surface area contributed by atoms with Crippen LogP contribution in [-0.2, 0) is 17.9 Å². The van der Waals surface area contributed by atoms with Gasteiger partial charge in [0.1, 0.15) is 12.4 Å². The van der Waals surface area contributed by atoms with Gasteiger partial charge in [-0.05, 0) is 5.56 Å². The van der Waals surface area contributed by atoms with Crippen LogP contribution in [0.25, 0.3) is 0 Å². The summed E-state index contributed by atoms with van der Waals surface area (Å²) in [5, 5.41) is 29.1. The molecule has 1 aromatic heterocycles. The number of non-ortho nitro benzene ring substituents is 1. The number of carboxylic acids is 2. The molecule has 0 radical (unpaired) electrons. The van der Waals surface area contributed by atoms with Gasteiger partial charge in [0.2, 0.25) is 0 Å². The standard InChI is InChI=1S/C14H13N3O7/c1-24-7-10-15-11(13(18)19)12(14(20)21)16(10)6-8-2-4-9(5-3-8)17(22)23/h2-5H,6-7H2,1H3,(H,18,19)(H,20,21). The molecular weight excluding hydrogens is 322 g/mol. The highest BCUT2D eigenvalue weighted by molar-refractivity contribution is 5.99. The number of benzene rings is 1. The number of aromatic carboxylic acids is 2. The second-order valence-corrected chi connectivity index (χ2v) is 4.78. The monoisotopic (exact) mass is 335 g/mol. The summed E-state index contributed by atoms with van der Waals surface area (Å²) < 4.78 is 6.13. The molecule has 1 aromatic carbocycles. The van der Waals surface area contributed by atoms with Crippen LogP contribution in [0.3, 0.4) is 0 Å². The summed E-state index contributed by atoms with van der Waals surface area (Å²) in [4.78, 5) is 36.6. The van der Waals surface area contributed by atoms with Crippen LogP contribution < -0.4 is 0 Å². The van der Waals surface area contributed by atoms with Gasteiger partial charge in [-0.1, -0.05) is 12.1 Å². The first-order valence-electron chi connectivity index (χ1n) is 6.63. The van der Waals surface area contributed by atoms with E-state index in [0.29, 0.717) is 5.56 Å². The molecule has 2 aromatic rings. The SMILES string of the molecule is COCc1nc(C(=O)O)c(C(=O)O)n1Cc1ccc([N+](=O)[O-])cc1. The molecule has 24 heavy (non-hydrogen) atoms. The number of ether oxygens (including phenoxy) is 1. The molecule has 0 aliphatic rings. The Morgan fingerprint density at radius 1 is 1.25 bits per heavy atom. The van der Waals surface area contributed by atoms with E-state index in [1.807, 2.05) is 0 Å². The Hall–Kier alpha value is -3.27. The zero-order chi connectivity index (χ0) is 17.9. The van der Waals surface area contributed by atoms with Crippen LogP contribution in [0.1, 0.15) is 32.4 Å². The summed E-state index contributed by atoms with van der Waals surface area (Å²) >= 11 is 0. The molecule has 0 fully saturated rings. The van der Waals surface area contributed by atoms with Gasteiger partial charge in [-0.15, -0.1) is 0 Å². The lowest BCUT2D eigenvalue weighted by molar-refractivity contribution is -0.384. The first kappa shape index (κ1) is 17.1. The number of nitro groups is 1. The molecule has 1 heterocycles. The third-order valence-corrected chi connectivity index (χ3v) is 3.21. The second-order valence-electron chi connectivity index (χ2n) is 4.78. The van der Waals surface area contributed by atoms with Crippen LogP contribution in [0.2, 0.25) is 0 Å². The van der Waals surface area contributed by atoms with Gasteiger partial charge in [0, 0.05) is 25.8 Å². The normalized spacial score (nSPS) is 10.5. The minimum atomic E-state index is -1.47. The van der Waals surface area contributed by atoms with E-state index in [9.17, 15) is 24.8 Å². The number of carboxylic acid groups (broad SMARTS) is 2.